The van der Waals surface area contributed by atoms with Crippen molar-refractivity contribution in [2.75, 3.05) is 6.61 Å². The van der Waals surface area contributed by atoms with Gasteiger partial charge in [-0.25, -0.2) is 0 Å². The highest BCUT2D eigenvalue weighted by atomic mass is 16.5. The molecule has 0 radical (unpaired) electrons. The lowest BCUT2D eigenvalue weighted by molar-refractivity contribution is 0.123. The molecule has 6 N–H and O–H groups in total. The molecule has 1 unspecified atom stereocenters. The van der Waals surface area contributed by atoms with Gasteiger partial charge in [-0.3, -0.25) is 10.9 Å². The highest BCUT2D eigenvalue weighted by molar-refractivity contribution is 6.32. The van der Waals surface area contributed by atoms with Gasteiger partial charge in [-0.05, 0) is 13.8 Å². The Morgan fingerprint density at radius 2 is 1.94 bits per heavy atom. The zero-order valence-corrected chi connectivity index (χ0v) is 10.2. The molecule has 0 bridgehead atoms. The highest BCUT2D eigenvalue weighted by Crippen LogP contribution is 1.93. The molecule has 7 heteroatoms. The van der Waals surface area contributed by atoms with Gasteiger partial charge in [0.05, 0.1) is 6.21 Å². The van der Waals surface area contributed by atoms with Crippen LogP contribution in [0.25, 0.3) is 0 Å². The van der Waals surface area contributed by atoms with Crippen LogP contribution in [0.5, 0.6) is 0 Å². The average molecular weight is 240 g/mol. The summed E-state index contributed by atoms with van der Waals surface area (Å²) in [6, 6.07) is 0. The molecule has 0 spiro atoms. The third-order valence-electron chi connectivity index (χ3n) is 1.57. The van der Waals surface area contributed by atoms with Crippen molar-refractivity contribution >= 4 is 11.9 Å². The molecule has 0 aliphatic rings. The molecule has 0 aromatic carbocycles. The van der Waals surface area contributed by atoms with Crippen LogP contribution in [0.1, 0.15) is 13.8 Å². The summed E-state index contributed by atoms with van der Waals surface area (Å²) < 4.78 is 5.38. The van der Waals surface area contributed by atoms with E-state index in [1.54, 1.807) is 0 Å². The first-order chi connectivity index (χ1) is 7.97. The Hall–Kier alpha value is -2.02. The van der Waals surface area contributed by atoms with Gasteiger partial charge in [-0.2, -0.15) is 10.2 Å². The molecule has 0 aliphatic carbocycles. The summed E-state index contributed by atoms with van der Waals surface area (Å²) in [5.74, 6) is 0.469. The fourth-order valence-corrected chi connectivity index (χ4v) is 0.878. The molecule has 7 nitrogen and oxygen atoms in total. The summed E-state index contributed by atoms with van der Waals surface area (Å²) in [7, 11) is 0. The van der Waals surface area contributed by atoms with E-state index in [0.717, 1.165) is 0 Å². The molecule has 0 rings (SSSR count). The molecule has 0 aromatic rings. The quantitative estimate of drug-likeness (QED) is 0.347. The molecule has 0 amide bonds. The second-order valence-electron chi connectivity index (χ2n) is 3.17. The maximum absolute atomic E-state index is 5.38. The number of nitrogens with zero attached hydrogens (tertiary/aromatic N) is 2. The first-order valence-corrected chi connectivity index (χ1v) is 5.10. The molecule has 0 fully saturated rings. The Labute approximate surface area is 101 Å². The largest absolute Gasteiger partial charge is 0.385 e. The minimum atomic E-state index is -0.233. The van der Waals surface area contributed by atoms with E-state index in [-0.39, 0.29) is 17.7 Å². The van der Waals surface area contributed by atoms with Gasteiger partial charge in [-0.15, -0.1) is 0 Å². The minimum absolute atomic E-state index is 0.232. The molecular weight excluding hydrogens is 220 g/mol. The van der Waals surface area contributed by atoms with E-state index < -0.39 is 0 Å². The van der Waals surface area contributed by atoms with Crippen LogP contribution >= 0.6 is 0 Å². The number of hydrazone groups is 2. The minimum Gasteiger partial charge on any atom is -0.385 e. The second-order valence-corrected chi connectivity index (χ2v) is 3.17. The molecule has 1 atom stereocenters. The van der Waals surface area contributed by atoms with Crippen molar-refractivity contribution in [3.8, 4) is 0 Å². The molecule has 17 heavy (non-hydrogen) atoms. The summed E-state index contributed by atoms with van der Waals surface area (Å²) in [5.41, 5.74) is 16.2. The van der Waals surface area contributed by atoms with Crippen LogP contribution in [0.15, 0.2) is 35.0 Å². The van der Waals surface area contributed by atoms with Crippen LogP contribution < -0.4 is 22.3 Å². The van der Waals surface area contributed by atoms with E-state index in [2.05, 4.69) is 34.2 Å². The van der Waals surface area contributed by atoms with E-state index in [9.17, 15) is 0 Å². The standard InChI is InChI=1S/C10H20N6O/c1-5-17-7(2)10(16-15-9(4)12)6-13-14-8(3)11/h6-7,14-15H,3-5,11-12H2,1-2H3/b13-6+,16-10-. The summed E-state index contributed by atoms with van der Waals surface area (Å²) in [6.07, 6.45) is 1.23. The number of ether oxygens (including phenoxy) is 1. The predicted molar refractivity (Wildman–Crippen MR) is 69.9 cm³/mol. The fraction of sp³-hybridized carbons (Fsp3) is 0.400. The van der Waals surface area contributed by atoms with Crippen molar-refractivity contribution in [1.82, 2.24) is 10.9 Å². The highest BCUT2D eigenvalue weighted by Gasteiger charge is 2.08. The summed E-state index contributed by atoms with van der Waals surface area (Å²) in [5, 5.41) is 7.83. The van der Waals surface area contributed by atoms with Crippen molar-refractivity contribution in [3.63, 3.8) is 0 Å². The molecule has 0 saturated carbocycles. The molecule has 96 valence electrons. The van der Waals surface area contributed by atoms with Crippen molar-refractivity contribution in [3.05, 3.63) is 24.8 Å². The Kier molecular flexibility index (Phi) is 7.20. The zero-order valence-electron chi connectivity index (χ0n) is 10.2. The third-order valence-corrected chi connectivity index (χ3v) is 1.57. The second kappa shape index (κ2) is 8.17. The first kappa shape index (κ1) is 15.0. The van der Waals surface area contributed by atoms with Gasteiger partial charge >= 0.3 is 0 Å². The zero-order chi connectivity index (χ0) is 13.3. The molecule has 0 aromatic heterocycles. The van der Waals surface area contributed by atoms with Crippen molar-refractivity contribution in [1.29, 1.82) is 0 Å². The van der Waals surface area contributed by atoms with E-state index in [1.165, 1.54) is 6.21 Å². The third kappa shape index (κ3) is 7.86. The van der Waals surface area contributed by atoms with Gasteiger partial charge in [0.15, 0.2) is 0 Å². The molecule has 0 saturated heterocycles. The molecular formula is C10H20N6O. The summed E-state index contributed by atoms with van der Waals surface area (Å²) in [6.45, 7) is 11.2. The summed E-state index contributed by atoms with van der Waals surface area (Å²) in [4.78, 5) is 0. The van der Waals surface area contributed by atoms with Crippen LogP contribution in [-0.4, -0.2) is 24.6 Å². The molecule has 0 aliphatic heterocycles. The van der Waals surface area contributed by atoms with E-state index in [0.29, 0.717) is 12.3 Å². The lowest BCUT2D eigenvalue weighted by Gasteiger charge is -2.11. The van der Waals surface area contributed by atoms with E-state index in [4.69, 9.17) is 16.2 Å². The van der Waals surface area contributed by atoms with Gasteiger partial charge in [0, 0.05) is 6.61 Å². The van der Waals surface area contributed by atoms with Gasteiger partial charge in [0.2, 0.25) is 0 Å². The van der Waals surface area contributed by atoms with Crippen LogP contribution in [0.3, 0.4) is 0 Å². The van der Waals surface area contributed by atoms with Crippen molar-refractivity contribution in [2.24, 2.45) is 21.7 Å². The topological polar surface area (TPSA) is 110 Å². The van der Waals surface area contributed by atoms with Gasteiger partial charge in [-0.1, -0.05) is 13.2 Å². The first-order valence-electron chi connectivity index (χ1n) is 5.10. The van der Waals surface area contributed by atoms with E-state index >= 15 is 0 Å². The smallest absolute Gasteiger partial charge is 0.109 e. The fourth-order valence-electron chi connectivity index (χ4n) is 0.878. The number of nitrogens with two attached hydrogens (primary N) is 2. The monoisotopic (exact) mass is 240 g/mol. The van der Waals surface area contributed by atoms with Crippen molar-refractivity contribution in [2.45, 2.75) is 20.0 Å². The number of hydrogen-bond donors (Lipinski definition) is 4. The lowest BCUT2D eigenvalue weighted by Crippen LogP contribution is -2.27. The van der Waals surface area contributed by atoms with Crippen LogP contribution in [0.2, 0.25) is 0 Å². The van der Waals surface area contributed by atoms with Gasteiger partial charge in [0.25, 0.3) is 0 Å². The maximum Gasteiger partial charge on any atom is 0.109 e. The van der Waals surface area contributed by atoms with Crippen LogP contribution in [0, 0.1) is 0 Å². The number of rotatable bonds is 8. The van der Waals surface area contributed by atoms with Gasteiger partial charge in [0.1, 0.15) is 23.5 Å². The predicted octanol–water partition coefficient (Wildman–Crippen LogP) is -0.208. The molecule has 0 heterocycles. The van der Waals surface area contributed by atoms with Crippen LogP contribution in [-0.2, 0) is 4.74 Å². The van der Waals surface area contributed by atoms with Gasteiger partial charge < -0.3 is 16.2 Å². The Balaban J connectivity index is 4.60. The normalized spacial score (nSPS) is 13.4. The van der Waals surface area contributed by atoms with E-state index in [1.807, 2.05) is 13.8 Å². The Morgan fingerprint density at radius 1 is 1.35 bits per heavy atom. The summed E-state index contributed by atoms with van der Waals surface area (Å²) >= 11 is 0. The van der Waals surface area contributed by atoms with Crippen LogP contribution in [0.4, 0.5) is 0 Å². The maximum atomic E-state index is 5.38. The average Bonchev–Trinajstić information content (AvgIpc) is 2.22. The Morgan fingerprint density at radius 3 is 2.41 bits per heavy atom. The lowest BCUT2D eigenvalue weighted by atomic mass is 10.2. The van der Waals surface area contributed by atoms with Crippen molar-refractivity contribution < 1.29 is 4.74 Å². The Bertz CT molecular complexity index is 323. The number of nitrogens with one attached hydrogen (secondary N) is 2. The SMILES string of the molecule is C=C(N)N/N=C(/C=N/NC(=C)N)C(C)OCC. The number of hydrogen-bond acceptors (Lipinski definition) is 7.